The molecule has 0 fully saturated rings. The number of thiol groups is 1. The number of carbonyl (C=O) groups is 1. The molecule has 9 heavy (non-hydrogen) atoms. The van der Waals surface area contributed by atoms with Gasteiger partial charge in [-0.3, -0.25) is 4.79 Å². The Labute approximate surface area is 62.2 Å². The topological polar surface area (TPSA) is 17.1 Å². The minimum absolute atomic E-state index is 0.00502. The zero-order chi connectivity index (χ0) is 7.65. The second kappa shape index (κ2) is 2.74. The molecule has 0 aliphatic rings. The maximum Gasteiger partial charge on any atom is 0.143 e. The van der Waals surface area contributed by atoms with Crippen LogP contribution in [0.25, 0.3) is 0 Å². The van der Waals surface area contributed by atoms with Gasteiger partial charge in [-0.15, -0.1) is 0 Å². The van der Waals surface area contributed by atoms with E-state index in [1.165, 1.54) is 0 Å². The van der Waals surface area contributed by atoms with E-state index in [0.29, 0.717) is 0 Å². The van der Waals surface area contributed by atoms with E-state index in [9.17, 15) is 4.79 Å². The van der Waals surface area contributed by atoms with Crippen molar-refractivity contribution < 1.29 is 4.79 Å². The number of Topliss-reactive ketones (excluding diaryl/α,β-unsaturated/α-hetero) is 1. The highest BCUT2D eigenvalue weighted by Gasteiger charge is 2.24. The third-order valence-electron chi connectivity index (χ3n) is 1.21. The molecule has 0 radical (unpaired) electrons. The van der Waals surface area contributed by atoms with Gasteiger partial charge in [-0.2, -0.15) is 12.6 Å². The van der Waals surface area contributed by atoms with Crippen molar-refractivity contribution in [2.75, 3.05) is 0 Å². The molecule has 0 aromatic carbocycles. The van der Waals surface area contributed by atoms with E-state index in [4.69, 9.17) is 0 Å². The predicted molar refractivity (Wildman–Crippen MR) is 42.9 cm³/mol. The van der Waals surface area contributed by atoms with E-state index in [2.05, 4.69) is 12.6 Å². The monoisotopic (exact) mass is 146 g/mol. The fourth-order valence-corrected chi connectivity index (χ4v) is 0.610. The first kappa shape index (κ1) is 9.02. The van der Waals surface area contributed by atoms with Crippen LogP contribution in [-0.2, 0) is 4.79 Å². The number of hydrogen-bond donors (Lipinski definition) is 1. The summed E-state index contributed by atoms with van der Waals surface area (Å²) in [5.41, 5.74) is -0.00502. The summed E-state index contributed by atoms with van der Waals surface area (Å²) in [7, 11) is 0. The van der Waals surface area contributed by atoms with Crippen LogP contribution in [0.4, 0.5) is 0 Å². The van der Waals surface area contributed by atoms with E-state index < -0.39 is 0 Å². The molecule has 0 aliphatic carbocycles. The SMILES string of the molecule is CC(=O)C(S)C(C)(C)C. The summed E-state index contributed by atoms with van der Waals surface area (Å²) in [6, 6.07) is 0. The molecule has 0 aromatic heterocycles. The molecule has 1 atom stereocenters. The average molecular weight is 146 g/mol. The fourth-order valence-electron chi connectivity index (χ4n) is 0.610. The minimum atomic E-state index is -0.127. The van der Waals surface area contributed by atoms with Crippen LogP contribution in [0.3, 0.4) is 0 Å². The maximum atomic E-state index is 10.7. The van der Waals surface area contributed by atoms with Gasteiger partial charge < -0.3 is 0 Å². The first-order chi connectivity index (χ1) is 3.85. The first-order valence-electron chi connectivity index (χ1n) is 3.04. The van der Waals surface area contributed by atoms with E-state index >= 15 is 0 Å². The van der Waals surface area contributed by atoms with Gasteiger partial charge in [0.2, 0.25) is 0 Å². The van der Waals surface area contributed by atoms with Crippen molar-refractivity contribution in [3.05, 3.63) is 0 Å². The molecular formula is C7H14OS. The summed E-state index contributed by atoms with van der Waals surface area (Å²) in [6.07, 6.45) is 0. The highest BCUT2D eigenvalue weighted by molar-refractivity contribution is 7.81. The van der Waals surface area contributed by atoms with Crippen LogP contribution in [-0.4, -0.2) is 11.0 Å². The highest BCUT2D eigenvalue weighted by atomic mass is 32.1. The van der Waals surface area contributed by atoms with Gasteiger partial charge in [-0.05, 0) is 12.3 Å². The molecule has 0 aliphatic heterocycles. The van der Waals surface area contributed by atoms with Gasteiger partial charge in [0.1, 0.15) is 5.78 Å². The zero-order valence-electron chi connectivity index (χ0n) is 6.43. The Hall–Kier alpha value is 0.0200. The third kappa shape index (κ3) is 2.89. The highest BCUT2D eigenvalue weighted by Crippen LogP contribution is 2.24. The van der Waals surface area contributed by atoms with Crippen LogP contribution in [0.15, 0.2) is 0 Å². The minimum Gasteiger partial charge on any atom is -0.299 e. The summed E-state index contributed by atoms with van der Waals surface area (Å²) in [5, 5.41) is -0.127. The first-order valence-corrected chi connectivity index (χ1v) is 3.56. The standard InChI is InChI=1S/C7H14OS/c1-5(8)6(9)7(2,3)4/h6,9H,1-4H3. The lowest BCUT2D eigenvalue weighted by Gasteiger charge is -2.23. The van der Waals surface area contributed by atoms with Gasteiger partial charge in [-0.1, -0.05) is 20.8 Å². The molecule has 0 spiro atoms. The molecule has 0 amide bonds. The summed E-state index contributed by atoms with van der Waals surface area (Å²) in [4.78, 5) is 10.7. The summed E-state index contributed by atoms with van der Waals surface area (Å²) >= 11 is 4.16. The van der Waals surface area contributed by atoms with E-state index in [0.717, 1.165) is 0 Å². The molecule has 54 valence electrons. The number of rotatable bonds is 1. The summed E-state index contributed by atoms with van der Waals surface area (Å²) < 4.78 is 0. The molecular weight excluding hydrogens is 132 g/mol. The van der Waals surface area contributed by atoms with Crippen molar-refractivity contribution in [2.45, 2.75) is 32.9 Å². The normalized spacial score (nSPS) is 15.2. The molecule has 0 saturated carbocycles. The lowest BCUT2D eigenvalue weighted by atomic mass is 9.90. The van der Waals surface area contributed by atoms with Gasteiger partial charge in [0, 0.05) is 0 Å². The molecule has 0 aromatic rings. The molecule has 0 N–H and O–H groups in total. The Kier molecular flexibility index (Phi) is 2.74. The molecule has 0 rings (SSSR count). The predicted octanol–water partition coefficient (Wildman–Crippen LogP) is 1.92. The van der Waals surface area contributed by atoms with Crippen molar-refractivity contribution >= 4 is 18.4 Å². The molecule has 0 heterocycles. The van der Waals surface area contributed by atoms with Gasteiger partial charge in [0.15, 0.2) is 0 Å². The molecule has 0 saturated heterocycles. The smallest absolute Gasteiger partial charge is 0.143 e. The molecule has 0 bridgehead atoms. The van der Waals surface area contributed by atoms with Crippen molar-refractivity contribution in [1.82, 2.24) is 0 Å². The van der Waals surface area contributed by atoms with Crippen LogP contribution < -0.4 is 0 Å². The van der Waals surface area contributed by atoms with Gasteiger partial charge >= 0.3 is 0 Å². The second-order valence-corrected chi connectivity index (χ2v) is 3.90. The lowest BCUT2D eigenvalue weighted by molar-refractivity contribution is -0.117. The third-order valence-corrected chi connectivity index (χ3v) is 2.34. The fraction of sp³-hybridized carbons (Fsp3) is 0.857. The quantitative estimate of drug-likeness (QED) is 0.559. The van der Waals surface area contributed by atoms with Crippen molar-refractivity contribution in [2.24, 2.45) is 5.41 Å². The van der Waals surface area contributed by atoms with Crippen LogP contribution in [0.2, 0.25) is 0 Å². The van der Waals surface area contributed by atoms with Crippen molar-refractivity contribution in [1.29, 1.82) is 0 Å². The molecule has 2 heteroatoms. The Balaban J connectivity index is 4.04. The Morgan fingerprint density at radius 3 is 1.78 bits per heavy atom. The van der Waals surface area contributed by atoms with Gasteiger partial charge in [0.25, 0.3) is 0 Å². The van der Waals surface area contributed by atoms with E-state index in [1.807, 2.05) is 20.8 Å². The number of hydrogen-bond acceptors (Lipinski definition) is 2. The van der Waals surface area contributed by atoms with E-state index in [1.54, 1.807) is 6.92 Å². The van der Waals surface area contributed by atoms with Crippen LogP contribution in [0.5, 0.6) is 0 Å². The lowest BCUT2D eigenvalue weighted by Crippen LogP contribution is -2.27. The number of ketones is 1. The second-order valence-electron chi connectivity index (χ2n) is 3.38. The maximum absolute atomic E-state index is 10.7. The molecule has 1 nitrogen and oxygen atoms in total. The molecule has 1 unspecified atom stereocenters. The number of carbonyl (C=O) groups excluding carboxylic acids is 1. The van der Waals surface area contributed by atoms with Gasteiger partial charge in [0.05, 0.1) is 5.25 Å². The largest absolute Gasteiger partial charge is 0.299 e. The van der Waals surface area contributed by atoms with E-state index in [-0.39, 0.29) is 16.4 Å². The zero-order valence-corrected chi connectivity index (χ0v) is 7.33. The van der Waals surface area contributed by atoms with Crippen molar-refractivity contribution in [3.8, 4) is 0 Å². The Morgan fingerprint density at radius 1 is 1.44 bits per heavy atom. The summed E-state index contributed by atoms with van der Waals surface area (Å²) in [5.74, 6) is 0.144. The summed E-state index contributed by atoms with van der Waals surface area (Å²) in [6.45, 7) is 7.59. The van der Waals surface area contributed by atoms with Crippen molar-refractivity contribution in [3.63, 3.8) is 0 Å². The van der Waals surface area contributed by atoms with Gasteiger partial charge in [-0.25, -0.2) is 0 Å². The Bertz CT molecular complexity index is 113. The van der Waals surface area contributed by atoms with Crippen LogP contribution in [0.1, 0.15) is 27.7 Å². The average Bonchev–Trinajstić information content (AvgIpc) is 1.62. The Morgan fingerprint density at radius 2 is 1.78 bits per heavy atom. The van der Waals surface area contributed by atoms with Crippen LogP contribution in [0, 0.1) is 5.41 Å². The van der Waals surface area contributed by atoms with Crippen LogP contribution >= 0.6 is 12.6 Å².